The molecule has 3 aromatic carbocycles. The first-order valence-corrected chi connectivity index (χ1v) is 19.1. The van der Waals surface area contributed by atoms with Crippen LogP contribution in [0.3, 0.4) is 0 Å². The molecule has 2 bridgehead atoms. The van der Waals surface area contributed by atoms with Crippen molar-refractivity contribution >= 4 is 41.0 Å². The molecule has 1 unspecified atom stereocenters. The summed E-state index contributed by atoms with van der Waals surface area (Å²) in [6.45, 7) is 0.00548. The van der Waals surface area contributed by atoms with Crippen LogP contribution in [-0.2, 0) is 22.5 Å². The maximum absolute atomic E-state index is 13.9. The quantitative estimate of drug-likeness (QED) is 0.0913. The maximum atomic E-state index is 13.9. The van der Waals surface area contributed by atoms with E-state index >= 15 is 0 Å². The number of carbonyl (C=O) groups is 2. The molecule has 10 nitrogen and oxygen atoms in total. The number of carboxylic acid groups (broad SMARTS) is 1. The standard InChI is InChI=1S/C41H41Cl2F2N3O7/c42-33-21-47(52)22-34(43)32(33)19-31(28-11-12-35(54-40(44)45)36(18-28)53-24-25-9-10-25)38(39(49)50)29-6-4-5-26(17-29)20-48(30-7-2-1-3-8-30)41(51)55-37-23-46-15-13-27(37)14-16-46/h1-8,11-12,17-18,21-22,25,27,31,37-38,40H,9-10,13-16,19-20,23-24H2,(H-,49,50,52)/p+1/t31-,37+,38?/m1/s1. The summed E-state index contributed by atoms with van der Waals surface area (Å²) in [6.07, 6.45) is 5.66. The minimum atomic E-state index is -3.10. The first-order chi connectivity index (χ1) is 26.5. The van der Waals surface area contributed by atoms with Gasteiger partial charge in [0.1, 0.15) is 16.1 Å². The molecule has 8 rings (SSSR count). The third-order valence-electron chi connectivity index (χ3n) is 10.7. The van der Waals surface area contributed by atoms with Crippen molar-refractivity contribution in [2.45, 2.75) is 63.2 Å². The SMILES string of the molecule is O=C(O)C(c1cccc(CN(C(=O)O[C@H]2CN3CCC2CC3)c2ccccc2)c1)[C@H](Cc1c(Cl)c[n+](O)cc1Cl)c1ccc(OC(F)F)c(OCC2CC2)c1. The van der Waals surface area contributed by atoms with Gasteiger partial charge in [-0.3, -0.25) is 19.8 Å². The number of piperidine rings is 3. The molecular weight excluding hydrogens is 755 g/mol. The van der Waals surface area contributed by atoms with Crippen molar-refractivity contribution in [3.8, 4) is 11.5 Å². The normalized spacial score (nSPS) is 20.1. The van der Waals surface area contributed by atoms with E-state index in [-0.39, 0.29) is 40.6 Å². The number of pyridine rings is 1. The van der Waals surface area contributed by atoms with E-state index in [0.717, 1.165) is 38.8 Å². The van der Waals surface area contributed by atoms with Crippen LogP contribution in [-0.4, -0.2) is 66.2 Å². The number of carboxylic acids is 1. The lowest BCUT2D eigenvalue weighted by Crippen LogP contribution is -2.53. The zero-order valence-corrected chi connectivity index (χ0v) is 31.4. The second-order valence-electron chi connectivity index (χ2n) is 14.5. The number of halogens is 4. The lowest BCUT2D eigenvalue weighted by molar-refractivity contribution is -0.904. The highest BCUT2D eigenvalue weighted by atomic mass is 35.5. The van der Waals surface area contributed by atoms with Gasteiger partial charge in [-0.2, -0.15) is 8.78 Å². The van der Waals surface area contributed by atoms with Gasteiger partial charge in [0.15, 0.2) is 11.5 Å². The van der Waals surface area contributed by atoms with Gasteiger partial charge >= 0.3 is 18.7 Å². The number of carbonyl (C=O) groups excluding carboxylic acids is 1. The zero-order valence-electron chi connectivity index (χ0n) is 29.9. The Kier molecular flexibility index (Phi) is 11.9. The third-order valence-corrected chi connectivity index (χ3v) is 11.4. The highest BCUT2D eigenvalue weighted by Crippen LogP contribution is 2.43. The molecule has 14 heteroatoms. The number of ether oxygens (including phenoxy) is 3. The average molecular weight is 798 g/mol. The van der Waals surface area contributed by atoms with Crippen LogP contribution in [0.25, 0.3) is 0 Å². The Morgan fingerprint density at radius 3 is 2.27 bits per heavy atom. The highest BCUT2D eigenvalue weighted by Gasteiger charge is 2.38. The largest absolute Gasteiger partial charge is 0.489 e. The van der Waals surface area contributed by atoms with Gasteiger partial charge in [0.25, 0.3) is 0 Å². The molecule has 0 radical (unpaired) electrons. The summed E-state index contributed by atoms with van der Waals surface area (Å²) in [7, 11) is 0. The van der Waals surface area contributed by atoms with Gasteiger partial charge < -0.3 is 19.3 Å². The first-order valence-electron chi connectivity index (χ1n) is 18.4. The molecule has 1 amide bonds. The van der Waals surface area contributed by atoms with Crippen LogP contribution < -0.4 is 19.1 Å². The van der Waals surface area contributed by atoms with Gasteiger partial charge in [-0.25, -0.2) is 4.79 Å². The molecule has 4 aliphatic rings. The van der Waals surface area contributed by atoms with Crippen molar-refractivity contribution in [2.75, 3.05) is 31.1 Å². The fraction of sp³-hybridized carbons (Fsp3) is 0.390. The molecule has 3 aliphatic heterocycles. The van der Waals surface area contributed by atoms with Gasteiger partial charge in [0, 0.05) is 28.4 Å². The molecule has 1 aromatic heterocycles. The summed E-state index contributed by atoms with van der Waals surface area (Å²) < 4.78 is 44.5. The number of aromatic nitrogens is 1. The Labute approximate surface area is 327 Å². The second-order valence-corrected chi connectivity index (χ2v) is 15.3. The topological polar surface area (TPSA) is 113 Å². The first kappa shape index (κ1) is 38.6. The molecule has 0 spiro atoms. The Morgan fingerprint density at radius 2 is 1.64 bits per heavy atom. The number of alkyl halides is 2. The monoisotopic (exact) mass is 796 g/mol. The minimum absolute atomic E-state index is 0.0150. The van der Waals surface area contributed by atoms with Gasteiger partial charge in [0.05, 0.1) is 19.1 Å². The van der Waals surface area contributed by atoms with Crippen molar-refractivity contribution < 1.29 is 47.6 Å². The number of amides is 1. The molecule has 2 N–H and O–H groups in total. The highest BCUT2D eigenvalue weighted by molar-refractivity contribution is 6.35. The van der Waals surface area contributed by atoms with Gasteiger partial charge in [-0.15, -0.1) is 0 Å². The molecular formula is C41H42Cl2F2N3O7+. The van der Waals surface area contributed by atoms with E-state index in [1.165, 1.54) is 30.6 Å². The van der Waals surface area contributed by atoms with Crippen molar-refractivity contribution in [1.82, 2.24) is 4.90 Å². The van der Waals surface area contributed by atoms with Crippen molar-refractivity contribution in [2.24, 2.45) is 11.8 Å². The number of rotatable bonds is 15. The van der Waals surface area contributed by atoms with Gasteiger partial charge in [0.2, 0.25) is 12.4 Å². The molecule has 4 aromatic rings. The van der Waals surface area contributed by atoms with E-state index in [0.29, 0.717) is 57.7 Å². The number of hydrogen-bond donors (Lipinski definition) is 2. The van der Waals surface area contributed by atoms with Crippen LogP contribution in [0.2, 0.25) is 10.0 Å². The number of benzene rings is 3. The van der Waals surface area contributed by atoms with Crippen LogP contribution in [0.15, 0.2) is 85.2 Å². The molecule has 4 fully saturated rings. The molecule has 3 atom stereocenters. The van der Waals surface area contributed by atoms with Gasteiger partial charge in [-0.05, 0) is 98.0 Å². The average Bonchev–Trinajstić information content (AvgIpc) is 4.00. The minimum Gasteiger partial charge on any atom is -0.489 e. The Bertz CT molecular complexity index is 1970. The lowest BCUT2D eigenvalue weighted by atomic mass is 9.77. The lowest BCUT2D eigenvalue weighted by Gasteiger charge is -2.44. The van der Waals surface area contributed by atoms with Crippen molar-refractivity contribution in [3.05, 3.63) is 117 Å². The van der Waals surface area contributed by atoms with E-state index in [1.54, 1.807) is 23.1 Å². The molecule has 1 aliphatic carbocycles. The Balaban J connectivity index is 1.24. The molecule has 290 valence electrons. The van der Waals surface area contributed by atoms with Crippen molar-refractivity contribution in [1.29, 1.82) is 0 Å². The number of nitrogens with zero attached hydrogens (tertiary/aromatic N) is 3. The molecule has 55 heavy (non-hydrogen) atoms. The summed E-state index contributed by atoms with van der Waals surface area (Å²) in [5.41, 5.74) is 2.53. The summed E-state index contributed by atoms with van der Waals surface area (Å²) >= 11 is 13.1. The predicted molar refractivity (Wildman–Crippen MR) is 200 cm³/mol. The maximum Gasteiger partial charge on any atom is 0.414 e. The van der Waals surface area contributed by atoms with Gasteiger partial charge in [-0.1, -0.05) is 71.7 Å². The van der Waals surface area contributed by atoms with E-state index in [9.17, 15) is 28.7 Å². The Morgan fingerprint density at radius 1 is 0.909 bits per heavy atom. The predicted octanol–water partition coefficient (Wildman–Crippen LogP) is 8.34. The summed E-state index contributed by atoms with van der Waals surface area (Å²) in [4.78, 5) is 31.2. The summed E-state index contributed by atoms with van der Waals surface area (Å²) in [5, 5.41) is 21.2. The number of hydrogen-bond acceptors (Lipinski definition) is 7. The number of anilines is 1. The Hall–Kier alpha value is -4.65. The van der Waals surface area contributed by atoms with Crippen LogP contribution in [0, 0.1) is 11.8 Å². The third kappa shape index (κ3) is 9.42. The van der Waals surface area contributed by atoms with Crippen LogP contribution in [0.1, 0.15) is 59.8 Å². The van der Waals surface area contributed by atoms with Crippen molar-refractivity contribution in [3.63, 3.8) is 0 Å². The summed E-state index contributed by atoms with van der Waals surface area (Å²) in [5.74, 6) is -2.78. The van der Waals surface area contributed by atoms with E-state index in [4.69, 9.17) is 37.4 Å². The molecule has 4 heterocycles. The van der Waals surface area contributed by atoms with E-state index in [2.05, 4.69) is 4.90 Å². The zero-order chi connectivity index (χ0) is 38.6. The number of fused-ring (bicyclic) bond motifs is 3. The summed E-state index contributed by atoms with van der Waals surface area (Å²) in [6, 6.07) is 20.6. The fourth-order valence-electron chi connectivity index (χ4n) is 7.66. The van der Waals surface area contributed by atoms with Crippen LogP contribution in [0.4, 0.5) is 19.3 Å². The number of para-hydroxylation sites is 1. The number of aliphatic carboxylic acids is 1. The van der Waals surface area contributed by atoms with Crippen LogP contribution >= 0.6 is 23.2 Å². The van der Waals surface area contributed by atoms with E-state index < -0.39 is 30.5 Å². The fourth-order valence-corrected chi connectivity index (χ4v) is 8.26. The smallest absolute Gasteiger partial charge is 0.414 e. The van der Waals surface area contributed by atoms with Crippen LogP contribution in [0.5, 0.6) is 11.5 Å². The van der Waals surface area contributed by atoms with E-state index in [1.807, 2.05) is 36.4 Å². The molecule has 1 saturated carbocycles. The second kappa shape index (κ2) is 17.0. The molecule has 3 saturated heterocycles.